The molecule has 24 heavy (non-hydrogen) atoms. The van der Waals surface area contributed by atoms with Crippen LogP contribution < -0.4 is 0 Å². The number of carboxylic acids is 1. The third-order valence-corrected chi connectivity index (χ3v) is 3.83. The normalized spacial score (nSPS) is 10.7. The number of rotatable bonds is 6. The van der Waals surface area contributed by atoms with Crippen LogP contribution in [0, 0.1) is 10.1 Å². The van der Waals surface area contributed by atoms with Crippen molar-refractivity contribution in [3.8, 4) is 22.9 Å². The standard InChI is InChI=1S/C14H10N4O5S/c19-12(20)7-24-14-15-13(16-17-14)11-6-5-10(23-11)8-3-1-2-4-9(8)18(21)22/h1-6H,7H2,(H,19,20)(H,15,16,17). The van der Waals surface area contributed by atoms with E-state index in [9.17, 15) is 14.9 Å². The van der Waals surface area contributed by atoms with Crippen LogP contribution >= 0.6 is 11.8 Å². The molecular weight excluding hydrogens is 336 g/mol. The number of furan rings is 1. The fraction of sp³-hybridized carbons (Fsp3) is 0.0714. The molecule has 0 amide bonds. The lowest BCUT2D eigenvalue weighted by Gasteiger charge is -1.98. The summed E-state index contributed by atoms with van der Waals surface area (Å²) in [5, 5.41) is 26.5. The number of benzene rings is 1. The minimum atomic E-state index is -0.969. The quantitative estimate of drug-likeness (QED) is 0.395. The molecule has 2 heterocycles. The van der Waals surface area contributed by atoms with Crippen molar-refractivity contribution in [1.29, 1.82) is 0 Å². The zero-order chi connectivity index (χ0) is 17.1. The number of thioether (sulfide) groups is 1. The van der Waals surface area contributed by atoms with Gasteiger partial charge in [0.1, 0.15) is 5.76 Å². The van der Waals surface area contributed by atoms with Crippen LogP contribution in [0.15, 0.2) is 46.0 Å². The van der Waals surface area contributed by atoms with E-state index in [-0.39, 0.29) is 16.6 Å². The summed E-state index contributed by atoms with van der Waals surface area (Å²) >= 11 is 0.970. The SMILES string of the molecule is O=C(O)CSc1n[nH]c(-c2ccc(-c3ccccc3[N+](=O)[O-])o2)n1. The first kappa shape index (κ1) is 15.7. The Morgan fingerprint density at radius 1 is 1.29 bits per heavy atom. The Morgan fingerprint density at radius 3 is 2.79 bits per heavy atom. The van der Waals surface area contributed by atoms with Gasteiger partial charge in [-0.15, -0.1) is 5.10 Å². The highest BCUT2D eigenvalue weighted by molar-refractivity contribution is 7.99. The second kappa shape index (κ2) is 6.54. The number of aliphatic carboxylic acids is 1. The smallest absolute Gasteiger partial charge is 0.313 e. The van der Waals surface area contributed by atoms with Crippen LogP contribution in [-0.4, -0.2) is 36.9 Å². The second-order valence-corrected chi connectivity index (χ2v) is 5.53. The van der Waals surface area contributed by atoms with E-state index in [4.69, 9.17) is 9.52 Å². The number of hydrogen-bond donors (Lipinski definition) is 2. The molecule has 0 fully saturated rings. The number of nitrogens with one attached hydrogen (secondary N) is 1. The summed E-state index contributed by atoms with van der Waals surface area (Å²) in [6.45, 7) is 0. The molecule has 0 spiro atoms. The summed E-state index contributed by atoms with van der Waals surface area (Å²) in [5.74, 6) is -0.140. The van der Waals surface area contributed by atoms with Crippen molar-refractivity contribution in [1.82, 2.24) is 15.2 Å². The number of para-hydroxylation sites is 1. The van der Waals surface area contributed by atoms with E-state index in [1.54, 1.807) is 30.3 Å². The lowest BCUT2D eigenvalue weighted by atomic mass is 10.1. The molecule has 0 saturated carbocycles. The van der Waals surface area contributed by atoms with E-state index in [2.05, 4.69) is 15.2 Å². The highest BCUT2D eigenvalue weighted by atomic mass is 32.2. The van der Waals surface area contributed by atoms with Crippen molar-refractivity contribution in [2.24, 2.45) is 0 Å². The Kier molecular flexibility index (Phi) is 4.29. The van der Waals surface area contributed by atoms with E-state index >= 15 is 0 Å². The fourth-order valence-corrected chi connectivity index (χ4v) is 2.52. The van der Waals surface area contributed by atoms with Gasteiger partial charge in [0.15, 0.2) is 11.6 Å². The fourth-order valence-electron chi connectivity index (χ4n) is 2.00. The maximum absolute atomic E-state index is 11.1. The molecule has 1 aromatic carbocycles. The molecule has 3 rings (SSSR count). The third kappa shape index (κ3) is 3.27. The average molecular weight is 346 g/mol. The van der Waals surface area contributed by atoms with Crippen LogP contribution in [-0.2, 0) is 4.79 Å². The number of aromatic amines is 1. The Labute approximate surface area is 138 Å². The van der Waals surface area contributed by atoms with E-state index in [0.29, 0.717) is 22.9 Å². The van der Waals surface area contributed by atoms with Crippen molar-refractivity contribution in [2.45, 2.75) is 5.16 Å². The molecule has 122 valence electrons. The molecule has 0 aliphatic carbocycles. The zero-order valence-corrected chi connectivity index (χ0v) is 12.8. The van der Waals surface area contributed by atoms with E-state index < -0.39 is 10.9 Å². The lowest BCUT2D eigenvalue weighted by Crippen LogP contribution is -1.97. The maximum atomic E-state index is 11.1. The molecule has 9 nitrogen and oxygen atoms in total. The molecule has 0 unspecified atom stereocenters. The number of H-pyrrole nitrogens is 1. The molecule has 0 bridgehead atoms. The first-order valence-electron chi connectivity index (χ1n) is 6.65. The molecule has 0 aliphatic rings. The molecule has 2 aromatic heterocycles. The molecule has 0 saturated heterocycles. The van der Waals surface area contributed by atoms with E-state index in [1.165, 1.54) is 6.07 Å². The lowest BCUT2D eigenvalue weighted by molar-refractivity contribution is -0.384. The molecule has 0 radical (unpaired) electrons. The van der Waals surface area contributed by atoms with Gasteiger partial charge in [-0.05, 0) is 18.2 Å². The third-order valence-electron chi connectivity index (χ3n) is 3.00. The van der Waals surface area contributed by atoms with Crippen LogP contribution in [0.2, 0.25) is 0 Å². The summed E-state index contributed by atoms with van der Waals surface area (Å²) < 4.78 is 5.62. The summed E-state index contributed by atoms with van der Waals surface area (Å²) in [6, 6.07) is 9.46. The summed E-state index contributed by atoms with van der Waals surface area (Å²) in [7, 11) is 0. The number of carbonyl (C=O) groups is 1. The van der Waals surface area contributed by atoms with Gasteiger partial charge in [0, 0.05) is 6.07 Å². The Hall–Kier alpha value is -3.14. The van der Waals surface area contributed by atoms with E-state index in [0.717, 1.165) is 11.8 Å². The van der Waals surface area contributed by atoms with Crippen LogP contribution in [0.25, 0.3) is 22.9 Å². The van der Waals surface area contributed by atoms with Crippen molar-refractivity contribution < 1.29 is 19.2 Å². The Balaban J connectivity index is 1.86. The highest BCUT2D eigenvalue weighted by Crippen LogP contribution is 2.33. The van der Waals surface area contributed by atoms with Crippen LogP contribution in [0.4, 0.5) is 5.69 Å². The van der Waals surface area contributed by atoms with E-state index in [1.807, 2.05) is 0 Å². The number of carboxylic acid groups (broad SMARTS) is 1. The number of nitro benzene ring substituents is 1. The predicted molar refractivity (Wildman–Crippen MR) is 84.5 cm³/mol. The van der Waals surface area contributed by atoms with Crippen LogP contribution in [0.5, 0.6) is 0 Å². The molecule has 0 aliphatic heterocycles. The van der Waals surface area contributed by atoms with Crippen LogP contribution in [0.1, 0.15) is 0 Å². The van der Waals surface area contributed by atoms with Gasteiger partial charge in [-0.25, -0.2) is 0 Å². The maximum Gasteiger partial charge on any atom is 0.313 e. The van der Waals surface area contributed by atoms with Gasteiger partial charge in [0.2, 0.25) is 5.16 Å². The van der Waals surface area contributed by atoms with Gasteiger partial charge in [0.25, 0.3) is 5.69 Å². The number of nitrogens with zero attached hydrogens (tertiary/aromatic N) is 3. The molecule has 2 N–H and O–H groups in total. The van der Waals surface area contributed by atoms with Gasteiger partial charge in [-0.1, -0.05) is 23.9 Å². The molecule has 3 aromatic rings. The van der Waals surface area contributed by atoms with Gasteiger partial charge in [-0.2, -0.15) is 4.98 Å². The number of aromatic nitrogens is 3. The number of hydrogen-bond acceptors (Lipinski definition) is 7. The summed E-state index contributed by atoms with van der Waals surface area (Å²) in [4.78, 5) is 25.3. The van der Waals surface area contributed by atoms with Crippen molar-refractivity contribution in [3.05, 3.63) is 46.5 Å². The molecule has 0 atom stereocenters. The largest absolute Gasteiger partial charge is 0.481 e. The van der Waals surface area contributed by atoms with Crippen molar-refractivity contribution >= 4 is 23.4 Å². The summed E-state index contributed by atoms with van der Waals surface area (Å²) in [5.41, 5.74) is 0.294. The first-order valence-corrected chi connectivity index (χ1v) is 7.64. The van der Waals surface area contributed by atoms with Crippen molar-refractivity contribution in [3.63, 3.8) is 0 Å². The predicted octanol–water partition coefficient (Wildman–Crippen LogP) is 2.82. The van der Waals surface area contributed by atoms with Gasteiger partial charge < -0.3 is 9.52 Å². The van der Waals surface area contributed by atoms with Crippen molar-refractivity contribution in [2.75, 3.05) is 5.75 Å². The highest BCUT2D eigenvalue weighted by Gasteiger charge is 2.18. The molecular formula is C14H10N4O5S. The average Bonchev–Trinajstić information content (AvgIpc) is 3.22. The minimum absolute atomic E-state index is 0.0614. The monoisotopic (exact) mass is 346 g/mol. The van der Waals surface area contributed by atoms with Crippen LogP contribution in [0.3, 0.4) is 0 Å². The van der Waals surface area contributed by atoms with Gasteiger partial charge in [0.05, 0.1) is 16.2 Å². The van der Waals surface area contributed by atoms with Gasteiger partial charge in [-0.3, -0.25) is 20.0 Å². The molecule has 10 heteroatoms. The Bertz CT molecular complexity index is 904. The second-order valence-electron chi connectivity index (χ2n) is 4.59. The van der Waals surface area contributed by atoms with Gasteiger partial charge >= 0.3 is 5.97 Å². The summed E-state index contributed by atoms with van der Waals surface area (Å²) in [6.07, 6.45) is 0. The minimum Gasteiger partial charge on any atom is -0.481 e. The zero-order valence-electron chi connectivity index (χ0n) is 12.0. The number of nitro groups is 1. The first-order chi connectivity index (χ1) is 11.5. The topological polar surface area (TPSA) is 135 Å². The Morgan fingerprint density at radius 2 is 2.04 bits per heavy atom.